The summed E-state index contributed by atoms with van der Waals surface area (Å²) >= 11 is 3.68. The standard InChI is InChI=1S/C11H22O2.C3H6O2S/c1-4-7-8-9-10(5-2)13-11(12)6-3;4-3(5)1-2-6/h10H,4-9H2,1-3H3;6H,1-2H2,(H,4,5). The lowest BCUT2D eigenvalue weighted by atomic mass is 10.1. The van der Waals surface area contributed by atoms with Gasteiger partial charge in [-0.25, -0.2) is 0 Å². The molecule has 114 valence electrons. The maximum atomic E-state index is 11.0. The number of esters is 1. The highest BCUT2D eigenvalue weighted by molar-refractivity contribution is 7.80. The summed E-state index contributed by atoms with van der Waals surface area (Å²) in [6, 6.07) is 0. The molecule has 0 aliphatic heterocycles. The first-order valence-corrected chi connectivity index (χ1v) is 7.67. The van der Waals surface area contributed by atoms with E-state index in [1.165, 1.54) is 19.3 Å². The number of hydrogen-bond acceptors (Lipinski definition) is 4. The maximum Gasteiger partial charge on any atom is 0.305 e. The Morgan fingerprint density at radius 3 is 2.16 bits per heavy atom. The highest BCUT2D eigenvalue weighted by Gasteiger charge is 2.09. The van der Waals surface area contributed by atoms with Crippen LogP contribution in [0.25, 0.3) is 0 Å². The predicted octanol–water partition coefficient (Wildman–Crippen LogP) is 3.69. The molecule has 0 radical (unpaired) electrons. The molecule has 1 atom stereocenters. The number of ether oxygens (including phenoxy) is 1. The topological polar surface area (TPSA) is 63.6 Å². The molecule has 0 aromatic rings. The highest BCUT2D eigenvalue weighted by Crippen LogP contribution is 2.10. The van der Waals surface area contributed by atoms with E-state index in [1.807, 2.05) is 6.92 Å². The molecule has 19 heavy (non-hydrogen) atoms. The summed E-state index contributed by atoms with van der Waals surface area (Å²) in [4.78, 5) is 20.5. The van der Waals surface area contributed by atoms with Crippen LogP contribution in [0.2, 0.25) is 0 Å². The predicted molar refractivity (Wildman–Crippen MR) is 80.7 cm³/mol. The fourth-order valence-electron chi connectivity index (χ4n) is 1.33. The summed E-state index contributed by atoms with van der Waals surface area (Å²) in [7, 11) is 0. The van der Waals surface area contributed by atoms with Gasteiger partial charge in [0.15, 0.2) is 0 Å². The van der Waals surface area contributed by atoms with Crippen molar-refractivity contribution in [2.75, 3.05) is 5.75 Å². The molecule has 0 fully saturated rings. The molecule has 0 aliphatic rings. The Kier molecular flexibility index (Phi) is 16.6. The van der Waals surface area contributed by atoms with Crippen LogP contribution in [0, 0.1) is 0 Å². The van der Waals surface area contributed by atoms with Crippen molar-refractivity contribution in [2.24, 2.45) is 0 Å². The average Bonchev–Trinajstić information content (AvgIpc) is 2.38. The second kappa shape index (κ2) is 15.3. The molecule has 4 nitrogen and oxygen atoms in total. The summed E-state index contributed by atoms with van der Waals surface area (Å²) in [5.74, 6) is -0.427. The molecule has 0 saturated heterocycles. The third-order valence-electron chi connectivity index (χ3n) is 2.50. The van der Waals surface area contributed by atoms with E-state index in [1.54, 1.807) is 0 Å². The van der Waals surface area contributed by atoms with Crippen LogP contribution in [-0.2, 0) is 14.3 Å². The van der Waals surface area contributed by atoms with E-state index in [-0.39, 0.29) is 18.5 Å². The number of aliphatic carboxylic acids is 1. The smallest absolute Gasteiger partial charge is 0.305 e. The molecular formula is C14H28O4S. The van der Waals surface area contributed by atoms with Crippen molar-refractivity contribution < 1.29 is 19.4 Å². The van der Waals surface area contributed by atoms with Crippen LogP contribution in [0.4, 0.5) is 0 Å². The van der Waals surface area contributed by atoms with Gasteiger partial charge in [0.25, 0.3) is 0 Å². The number of carbonyl (C=O) groups is 2. The van der Waals surface area contributed by atoms with Gasteiger partial charge in [-0.3, -0.25) is 9.59 Å². The first-order chi connectivity index (χ1) is 9.01. The van der Waals surface area contributed by atoms with Gasteiger partial charge in [-0.05, 0) is 19.3 Å². The van der Waals surface area contributed by atoms with Gasteiger partial charge < -0.3 is 9.84 Å². The molecular weight excluding hydrogens is 264 g/mol. The molecule has 0 rings (SSSR count). The van der Waals surface area contributed by atoms with Crippen LogP contribution in [0.5, 0.6) is 0 Å². The van der Waals surface area contributed by atoms with Crippen molar-refractivity contribution in [1.82, 2.24) is 0 Å². The Morgan fingerprint density at radius 1 is 1.21 bits per heavy atom. The minimum absolute atomic E-state index is 0.0663. The Labute approximate surface area is 122 Å². The SMILES string of the molecule is CCCCCC(CC)OC(=O)CC.O=C(O)CCS. The quantitative estimate of drug-likeness (QED) is 0.386. The van der Waals surface area contributed by atoms with E-state index in [9.17, 15) is 9.59 Å². The molecule has 0 aromatic heterocycles. The maximum absolute atomic E-state index is 11.0. The van der Waals surface area contributed by atoms with E-state index in [4.69, 9.17) is 9.84 Å². The Bertz CT molecular complexity index is 231. The third-order valence-corrected chi connectivity index (χ3v) is 2.72. The number of hydrogen-bond donors (Lipinski definition) is 2. The van der Waals surface area contributed by atoms with Crippen molar-refractivity contribution in [3.63, 3.8) is 0 Å². The lowest BCUT2D eigenvalue weighted by Gasteiger charge is -2.15. The number of unbranched alkanes of at least 4 members (excludes halogenated alkanes) is 2. The second-order valence-corrected chi connectivity index (χ2v) is 4.68. The normalized spacial score (nSPS) is 11.2. The minimum atomic E-state index is -0.787. The zero-order valence-corrected chi connectivity index (χ0v) is 13.2. The molecule has 0 aromatic carbocycles. The van der Waals surface area contributed by atoms with Gasteiger partial charge in [0.1, 0.15) is 6.10 Å². The zero-order valence-electron chi connectivity index (χ0n) is 12.4. The number of carboxylic acid groups (broad SMARTS) is 1. The van der Waals surface area contributed by atoms with Crippen molar-refractivity contribution in [3.05, 3.63) is 0 Å². The molecule has 0 bridgehead atoms. The van der Waals surface area contributed by atoms with E-state index < -0.39 is 5.97 Å². The van der Waals surface area contributed by atoms with Crippen LogP contribution in [0.1, 0.15) is 65.7 Å². The van der Waals surface area contributed by atoms with Gasteiger partial charge in [0.05, 0.1) is 6.42 Å². The summed E-state index contributed by atoms with van der Waals surface area (Å²) in [6.07, 6.45) is 6.39. The molecule has 0 aliphatic carbocycles. The largest absolute Gasteiger partial charge is 0.481 e. The van der Waals surface area contributed by atoms with Crippen LogP contribution in [0.3, 0.4) is 0 Å². The second-order valence-electron chi connectivity index (χ2n) is 4.24. The van der Waals surface area contributed by atoms with E-state index >= 15 is 0 Å². The molecule has 0 heterocycles. The van der Waals surface area contributed by atoms with Crippen molar-refractivity contribution >= 4 is 24.6 Å². The fraction of sp³-hybridized carbons (Fsp3) is 0.857. The van der Waals surface area contributed by atoms with Gasteiger partial charge in [0.2, 0.25) is 0 Å². The summed E-state index contributed by atoms with van der Waals surface area (Å²) < 4.78 is 5.26. The van der Waals surface area contributed by atoms with Gasteiger partial charge in [0, 0.05) is 12.2 Å². The van der Waals surface area contributed by atoms with Crippen LogP contribution < -0.4 is 0 Å². The summed E-state index contributed by atoms with van der Waals surface area (Å²) in [5, 5.41) is 7.86. The molecule has 0 spiro atoms. The lowest BCUT2D eigenvalue weighted by Crippen LogP contribution is -2.16. The third kappa shape index (κ3) is 17.3. The van der Waals surface area contributed by atoms with Crippen molar-refractivity contribution in [3.8, 4) is 0 Å². The van der Waals surface area contributed by atoms with Crippen LogP contribution in [-0.4, -0.2) is 28.9 Å². The Hall–Kier alpha value is -0.710. The highest BCUT2D eigenvalue weighted by atomic mass is 32.1. The minimum Gasteiger partial charge on any atom is -0.481 e. The van der Waals surface area contributed by atoms with Crippen molar-refractivity contribution in [1.29, 1.82) is 0 Å². The molecule has 5 heteroatoms. The van der Waals surface area contributed by atoms with E-state index in [0.717, 1.165) is 12.8 Å². The average molecular weight is 292 g/mol. The van der Waals surface area contributed by atoms with Gasteiger partial charge >= 0.3 is 11.9 Å². The van der Waals surface area contributed by atoms with Gasteiger partial charge in [-0.15, -0.1) is 0 Å². The van der Waals surface area contributed by atoms with Crippen LogP contribution in [0.15, 0.2) is 0 Å². The monoisotopic (exact) mass is 292 g/mol. The molecule has 1 N–H and O–H groups in total. The number of carbonyl (C=O) groups excluding carboxylic acids is 1. The van der Waals surface area contributed by atoms with E-state index in [2.05, 4.69) is 26.5 Å². The lowest BCUT2D eigenvalue weighted by molar-refractivity contribution is -0.149. The summed E-state index contributed by atoms with van der Waals surface area (Å²) in [5.41, 5.74) is 0. The van der Waals surface area contributed by atoms with Gasteiger partial charge in [-0.1, -0.05) is 33.6 Å². The molecule has 0 saturated carbocycles. The number of rotatable bonds is 9. The number of carboxylic acids is 1. The van der Waals surface area contributed by atoms with Crippen molar-refractivity contribution in [2.45, 2.75) is 71.8 Å². The fourth-order valence-corrected chi connectivity index (χ4v) is 1.52. The zero-order chi connectivity index (χ0) is 15.1. The molecule has 0 amide bonds. The first kappa shape index (κ1) is 20.6. The number of thiol groups is 1. The Morgan fingerprint density at radius 2 is 1.84 bits per heavy atom. The summed E-state index contributed by atoms with van der Waals surface area (Å²) in [6.45, 7) is 6.08. The molecule has 1 unspecified atom stereocenters. The van der Waals surface area contributed by atoms with Crippen LogP contribution >= 0.6 is 12.6 Å². The Balaban J connectivity index is 0. The first-order valence-electron chi connectivity index (χ1n) is 7.03. The van der Waals surface area contributed by atoms with Gasteiger partial charge in [-0.2, -0.15) is 12.6 Å². The van der Waals surface area contributed by atoms with E-state index in [0.29, 0.717) is 12.2 Å².